The SMILES string of the molecule is COC1OC(C)C(OC(C)=O)CC1OC(C)=O. The number of esters is 2. The van der Waals surface area contributed by atoms with Gasteiger partial charge in [0.1, 0.15) is 6.10 Å². The summed E-state index contributed by atoms with van der Waals surface area (Å²) in [6, 6.07) is 0. The second-order valence-electron chi connectivity index (χ2n) is 3.98. The maximum atomic E-state index is 10.9. The molecule has 0 aromatic heterocycles. The van der Waals surface area contributed by atoms with Crippen molar-refractivity contribution in [2.75, 3.05) is 7.11 Å². The average Bonchev–Trinajstić information content (AvgIpc) is 2.21. The number of rotatable bonds is 3. The highest BCUT2D eigenvalue weighted by atomic mass is 16.7. The summed E-state index contributed by atoms with van der Waals surface area (Å²) in [5.41, 5.74) is 0. The summed E-state index contributed by atoms with van der Waals surface area (Å²) in [4.78, 5) is 21.9. The molecule has 0 spiro atoms. The van der Waals surface area contributed by atoms with Crippen LogP contribution in [0.25, 0.3) is 0 Å². The average molecular weight is 246 g/mol. The third kappa shape index (κ3) is 3.98. The first-order valence-electron chi connectivity index (χ1n) is 5.46. The third-order valence-electron chi connectivity index (χ3n) is 2.51. The smallest absolute Gasteiger partial charge is 0.303 e. The van der Waals surface area contributed by atoms with Gasteiger partial charge in [-0.3, -0.25) is 9.59 Å². The van der Waals surface area contributed by atoms with Crippen LogP contribution >= 0.6 is 0 Å². The Kier molecular flexibility index (Phi) is 4.89. The molecule has 6 nitrogen and oxygen atoms in total. The van der Waals surface area contributed by atoms with Gasteiger partial charge >= 0.3 is 11.9 Å². The quantitative estimate of drug-likeness (QED) is 0.680. The van der Waals surface area contributed by atoms with Crippen LogP contribution in [0.5, 0.6) is 0 Å². The van der Waals surface area contributed by atoms with Gasteiger partial charge in [-0.1, -0.05) is 0 Å². The van der Waals surface area contributed by atoms with E-state index in [4.69, 9.17) is 18.9 Å². The summed E-state index contributed by atoms with van der Waals surface area (Å²) in [7, 11) is 1.47. The summed E-state index contributed by atoms with van der Waals surface area (Å²) in [5.74, 6) is -0.806. The van der Waals surface area contributed by atoms with Crippen molar-refractivity contribution in [1.82, 2.24) is 0 Å². The number of ether oxygens (including phenoxy) is 4. The van der Waals surface area contributed by atoms with Gasteiger partial charge in [0.05, 0.1) is 6.10 Å². The van der Waals surface area contributed by atoms with Gasteiger partial charge in [-0.25, -0.2) is 0 Å². The molecule has 6 heteroatoms. The van der Waals surface area contributed by atoms with E-state index in [0.717, 1.165) is 0 Å². The van der Waals surface area contributed by atoms with Crippen molar-refractivity contribution in [1.29, 1.82) is 0 Å². The van der Waals surface area contributed by atoms with Crippen LogP contribution in [0.15, 0.2) is 0 Å². The Balaban J connectivity index is 2.67. The van der Waals surface area contributed by atoms with Gasteiger partial charge in [0, 0.05) is 27.4 Å². The molecule has 0 N–H and O–H groups in total. The van der Waals surface area contributed by atoms with Crippen LogP contribution in [-0.2, 0) is 28.5 Å². The van der Waals surface area contributed by atoms with Crippen molar-refractivity contribution < 1.29 is 28.5 Å². The Morgan fingerprint density at radius 3 is 2.12 bits per heavy atom. The van der Waals surface area contributed by atoms with E-state index in [9.17, 15) is 9.59 Å². The highest BCUT2D eigenvalue weighted by molar-refractivity contribution is 5.66. The first-order chi connectivity index (χ1) is 7.93. The molecule has 0 radical (unpaired) electrons. The van der Waals surface area contributed by atoms with Crippen LogP contribution in [0.3, 0.4) is 0 Å². The van der Waals surface area contributed by atoms with Gasteiger partial charge in [-0.15, -0.1) is 0 Å². The molecule has 1 fully saturated rings. The number of carbonyl (C=O) groups excluding carboxylic acids is 2. The highest BCUT2D eigenvalue weighted by Crippen LogP contribution is 2.25. The van der Waals surface area contributed by atoms with E-state index in [1.165, 1.54) is 21.0 Å². The third-order valence-corrected chi connectivity index (χ3v) is 2.51. The molecule has 1 rings (SSSR count). The van der Waals surface area contributed by atoms with Crippen molar-refractivity contribution in [2.45, 2.75) is 51.8 Å². The lowest BCUT2D eigenvalue weighted by atomic mass is 10.0. The van der Waals surface area contributed by atoms with E-state index in [1.54, 1.807) is 6.92 Å². The molecule has 1 saturated heterocycles. The molecule has 17 heavy (non-hydrogen) atoms. The van der Waals surface area contributed by atoms with Crippen LogP contribution in [0, 0.1) is 0 Å². The minimum atomic E-state index is -0.624. The van der Waals surface area contributed by atoms with Crippen LogP contribution in [0.2, 0.25) is 0 Å². The van der Waals surface area contributed by atoms with E-state index in [0.29, 0.717) is 6.42 Å². The zero-order chi connectivity index (χ0) is 13.0. The second-order valence-corrected chi connectivity index (χ2v) is 3.98. The van der Waals surface area contributed by atoms with Gasteiger partial charge in [-0.2, -0.15) is 0 Å². The summed E-state index contributed by atoms with van der Waals surface area (Å²) in [6.45, 7) is 4.42. The molecular weight excluding hydrogens is 228 g/mol. The monoisotopic (exact) mass is 246 g/mol. The van der Waals surface area contributed by atoms with Crippen LogP contribution in [-0.4, -0.2) is 43.7 Å². The highest BCUT2D eigenvalue weighted by Gasteiger charge is 2.39. The van der Waals surface area contributed by atoms with Gasteiger partial charge < -0.3 is 18.9 Å². The van der Waals surface area contributed by atoms with E-state index in [1.807, 2.05) is 0 Å². The number of carbonyl (C=O) groups is 2. The summed E-state index contributed by atoms with van der Waals surface area (Å²) < 4.78 is 20.7. The Morgan fingerprint density at radius 2 is 1.65 bits per heavy atom. The molecule has 1 aliphatic heterocycles. The zero-order valence-electron chi connectivity index (χ0n) is 10.5. The first kappa shape index (κ1) is 13.9. The van der Waals surface area contributed by atoms with Crippen molar-refractivity contribution in [2.24, 2.45) is 0 Å². The number of methoxy groups -OCH3 is 1. The Bertz CT molecular complexity index is 290. The van der Waals surface area contributed by atoms with Crippen molar-refractivity contribution in [3.63, 3.8) is 0 Å². The van der Waals surface area contributed by atoms with Gasteiger partial charge in [-0.05, 0) is 6.92 Å². The van der Waals surface area contributed by atoms with E-state index >= 15 is 0 Å². The Morgan fingerprint density at radius 1 is 1.12 bits per heavy atom. The molecular formula is C11H18O6. The Labute approximate surface area is 100 Å². The molecule has 98 valence electrons. The topological polar surface area (TPSA) is 71.1 Å². The molecule has 1 heterocycles. The number of hydrogen-bond donors (Lipinski definition) is 0. The van der Waals surface area contributed by atoms with Gasteiger partial charge in [0.2, 0.25) is 0 Å². The number of hydrogen-bond acceptors (Lipinski definition) is 6. The lowest BCUT2D eigenvalue weighted by molar-refractivity contribution is -0.260. The molecule has 4 unspecified atom stereocenters. The van der Waals surface area contributed by atoms with Gasteiger partial charge in [0.25, 0.3) is 0 Å². The molecule has 0 saturated carbocycles. The van der Waals surface area contributed by atoms with E-state index in [-0.39, 0.29) is 12.1 Å². The van der Waals surface area contributed by atoms with Crippen molar-refractivity contribution >= 4 is 11.9 Å². The fourth-order valence-corrected chi connectivity index (χ4v) is 1.80. The molecule has 0 aliphatic carbocycles. The first-order valence-corrected chi connectivity index (χ1v) is 5.46. The predicted molar refractivity (Wildman–Crippen MR) is 57.1 cm³/mol. The lowest BCUT2D eigenvalue weighted by Gasteiger charge is -2.38. The van der Waals surface area contributed by atoms with Crippen LogP contribution in [0.4, 0.5) is 0 Å². The Hall–Kier alpha value is -1.14. The summed E-state index contributed by atoms with van der Waals surface area (Å²) in [5, 5.41) is 0. The minimum Gasteiger partial charge on any atom is -0.460 e. The molecule has 0 bridgehead atoms. The predicted octanol–water partition coefficient (Wildman–Crippen LogP) is 0.631. The molecule has 0 aromatic rings. The van der Waals surface area contributed by atoms with E-state index in [2.05, 4.69) is 0 Å². The molecule has 4 atom stereocenters. The maximum Gasteiger partial charge on any atom is 0.303 e. The largest absolute Gasteiger partial charge is 0.460 e. The maximum absolute atomic E-state index is 10.9. The molecule has 0 amide bonds. The summed E-state index contributed by atoms with van der Waals surface area (Å²) in [6.07, 6.45) is -1.53. The van der Waals surface area contributed by atoms with E-state index < -0.39 is 24.5 Å². The zero-order valence-corrected chi connectivity index (χ0v) is 10.5. The van der Waals surface area contributed by atoms with Crippen LogP contribution in [0.1, 0.15) is 27.2 Å². The standard InChI is InChI=1S/C11H18O6/c1-6-9(16-7(2)12)5-10(17-8(3)13)11(14-4)15-6/h6,9-11H,5H2,1-4H3. The van der Waals surface area contributed by atoms with Gasteiger partial charge in [0.15, 0.2) is 12.4 Å². The molecule has 1 aliphatic rings. The summed E-state index contributed by atoms with van der Waals surface area (Å²) >= 11 is 0. The molecule has 0 aromatic carbocycles. The fraction of sp³-hybridized carbons (Fsp3) is 0.818. The fourth-order valence-electron chi connectivity index (χ4n) is 1.80. The van der Waals surface area contributed by atoms with Crippen molar-refractivity contribution in [3.05, 3.63) is 0 Å². The van der Waals surface area contributed by atoms with Crippen molar-refractivity contribution in [3.8, 4) is 0 Å². The normalized spacial score (nSPS) is 32.9. The lowest BCUT2D eigenvalue weighted by Crippen LogP contribution is -2.49. The minimum absolute atomic E-state index is 0.296. The van der Waals surface area contributed by atoms with Crippen LogP contribution < -0.4 is 0 Å². The second kappa shape index (κ2) is 5.97.